The first-order valence-corrected chi connectivity index (χ1v) is 14.1. The topological polar surface area (TPSA) is 90.8 Å². The van der Waals surface area contributed by atoms with Gasteiger partial charge in [0.15, 0.2) is 11.5 Å². The second-order valence-electron chi connectivity index (χ2n) is 10.6. The lowest BCUT2D eigenvalue weighted by atomic mass is 9.83. The Labute approximate surface area is 229 Å². The van der Waals surface area contributed by atoms with Gasteiger partial charge in [0, 0.05) is 43.7 Å². The summed E-state index contributed by atoms with van der Waals surface area (Å²) in [6.07, 6.45) is 6.97. The number of fused-ring (bicyclic) bond motifs is 2. The molecule has 2 aliphatic rings. The molecule has 39 heavy (non-hydrogen) atoms. The Bertz CT molecular complexity index is 1360. The number of benzene rings is 2. The molecule has 0 saturated heterocycles. The van der Waals surface area contributed by atoms with Crippen LogP contribution in [0.3, 0.4) is 0 Å². The monoisotopic (exact) mass is 533 g/mol. The summed E-state index contributed by atoms with van der Waals surface area (Å²) < 4.78 is 18.6. The zero-order valence-electron chi connectivity index (χ0n) is 23.0. The van der Waals surface area contributed by atoms with E-state index in [0.29, 0.717) is 37.5 Å². The number of hydrogen-bond donors (Lipinski definition) is 2. The molecular weight excluding hydrogens is 494 g/mol. The maximum absolute atomic E-state index is 13.1. The summed E-state index contributed by atoms with van der Waals surface area (Å²) in [6, 6.07) is 14.1. The molecule has 5 rings (SSSR count). The van der Waals surface area contributed by atoms with Crippen molar-refractivity contribution in [2.45, 2.75) is 64.1 Å². The Morgan fingerprint density at radius 2 is 1.82 bits per heavy atom. The number of likely N-dealkylation sites (N-methyl/N-ethyl adjacent to an activating group) is 1. The zero-order valence-corrected chi connectivity index (χ0v) is 23.0. The molecule has 1 aliphatic carbocycles. The van der Waals surface area contributed by atoms with Crippen molar-refractivity contribution in [3.05, 3.63) is 63.9 Å². The lowest BCUT2D eigenvalue weighted by Gasteiger charge is -2.29. The second kappa shape index (κ2) is 12.6. The first-order chi connectivity index (χ1) is 19.0. The van der Waals surface area contributed by atoms with E-state index < -0.39 is 0 Å². The summed E-state index contributed by atoms with van der Waals surface area (Å²) in [6.45, 7) is 2.71. The average Bonchev–Trinajstić information content (AvgIpc) is 2.97. The molecule has 1 aromatic heterocycles. The fourth-order valence-electron chi connectivity index (χ4n) is 5.85. The van der Waals surface area contributed by atoms with Gasteiger partial charge in [0.1, 0.15) is 19.0 Å². The van der Waals surface area contributed by atoms with Crippen molar-refractivity contribution >= 4 is 16.8 Å². The van der Waals surface area contributed by atoms with Crippen LogP contribution in [0.2, 0.25) is 0 Å². The molecule has 0 bridgehead atoms. The molecule has 1 aliphatic heterocycles. The molecular formula is C31H39N3O5. The van der Waals surface area contributed by atoms with Gasteiger partial charge in [-0.15, -0.1) is 0 Å². The van der Waals surface area contributed by atoms with Gasteiger partial charge in [0.25, 0.3) is 5.56 Å². The maximum atomic E-state index is 13.1. The van der Waals surface area contributed by atoms with Gasteiger partial charge in [0.2, 0.25) is 5.91 Å². The Kier molecular flexibility index (Phi) is 8.71. The molecule has 0 spiro atoms. The van der Waals surface area contributed by atoms with Crippen LogP contribution in [0.15, 0.2) is 47.3 Å². The number of methoxy groups -OCH3 is 1. The predicted molar refractivity (Wildman–Crippen MR) is 152 cm³/mol. The third-order valence-corrected chi connectivity index (χ3v) is 8.08. The van der Waals surface area contributed by atoms with Crippen molar-refractivity contribution in [2.24, 2.45) is 5.92 Å². The SMILES string of the molecule is CNC(=O)Cc1cc(=O)n(CCCC2CCC(NCc3ccc4c(c3)OCCO4)CC2)c2cc(OC)ccc12. The van der Waals surface area contributed by atoms with Gasteiger partial charge >= 0.3 is 0 Å². The average molecular weight is 534 g/mol. The Morgan fingerprint density at radius 3 is 2.59 bits per heavy atom. The molecule has 3 aromatic rings. The van der Waals surface area contributed by atoms with E-state index in [1.54, 1.807) is 20.2 Å². The highest BCUT2D eigenvalue weighted by Crippen LogP contribution is 2.32. The van der Waals surface area contributed by atoms with Gasteiger partial charge in [-0.2, -0.15) is 0 Å². The van der Waals surface area contributed by atoms with Crippen molar-refractivity contribution in [3.8, 4) is 17.2 Å². The number of ether oxygens (including phenoxy) is 3. The van der Waals surface area contributed by atoms with Crippen LogP contribution in [-0.4, -0.2) is 43.9 Å². The zero-order chi connectivity index (χ0) is 27.2. The minimum Gasteiger partial charge on any atom is -0.497 e. The van der Waals surface area contributed by atoms with E-state index in [1.165, 1.54) is 31.2 Å². The van der Waals surface area contributed by atoms with Crippen LogP contribution in [0.5, 0.6) is 17.2 Å². The van der Waals surface area contributed by atoms with E-state index in [-0.39, 0.29) is 17.9 Å². The van der Waals surface area contributed by atoms with Crippen molar-refractivity contribution < 1.29 is 19.0 Å². The number of rotatable bonds is 10. The van der Waals surface area contributed by atoms with Crippen molar-refractivity contribution in [1.82, 2.24) is 15.2 Å². The number of nitrogens with zero attached hydrogens (tertiary/aromatic N) is 1. The third-order valence-electron chi connectivity index (χ3n) is 8.08. The van der Waals surface area contributed by atoms with Crippen molar-refractivity contribution in [2.75, 3.05) is 27.4 Å². The standard InChI is InChI=1S/C31H39N3O5/c1-32-30(35)17-23-18-31(36)34(27-19-25(37-2)10-11-26(23)27)13-3-4-21-5-8-24(9-6-21)33-20-22-7-12-28-29(16-22)39-15-14-38-28/h7,10-12,16,18-19,21,24,33H,3-6,8-9,13-15,17,20H2,1-2H3,(H,32,35). The summed E-state index contributed by atoms with van der Waals surface area (Å²) in [4.78, 5) is 25.1. The fraction of sp³-hybridized carbons (Fsp3) is 0.484. The normalized spacial score (nSPS) is 18.6. The van der Waals surface area contributed by atoms with E-state index in [1.807, 2.05) is 28.8 Å². The Morgan fingerprint density at radius 1 is 1.03 bits per heavy atom. The number of aryl methyl sites for hydroxylation is 1. The third kappa shape index (κ3) is 6.56. The molecule has 208 valence electrons. The molecule has 8 heteroatoms. The molecule has 8 nitrogen and oxygen atoms in total. The van der Waals surface area contributed by atoms with Crippen molar-refractivity contribution in [3.63, 3.8) is 0 Å². The second-order valence-corrected chi connectivity index (χ2v) is 10.6. The van der Waals surface area contributed by atoms with E-state index >= 15 is 0 Å². The van der Waals surface area contributed by atoms with Crippen LogP contribution < -0.4 is 30.4 Å². The Hall–Kier alpha value is -3.52. The minimum atomic E-state index is -0.110. The van der Waals surface area contributed by atoms with Crippen molar-refractivity contribution in [1.29, 1.82) is 0 Å². The number of carbonyl (C=O) groups is 1. The van der Waals surface area contributed by atoms with Crippen LogP contribution in [0.1, 0.15) is 49.7 Å². The van der Waals surface area contributed by atoms with Crippen LogP contribution in [0, 0.1) is 5.92 Å². The van der Waals surface area contributed by atoms with Gasteiger partial charge in [-0.25, -0.2) is 0 Å². The number of carbonyl (C=O) groups excluding carboxylic acids is 1. The van der Waals surface area contributed by atoms with E-state index in [4.69, 9.17) is 14.2 Å². The molecule has 2 N–H and O–H groups in total. The van der Waals surface area contributed by atoms with E-state index in [2.05, 4.69) is 22.8 Å². The lowest BCUT2D eigenvalue weighted by Crippen LogP contribution is -2.33. The minimum absolute atomic E-state index is 0.0679. The first kappa shape index (κ1) is 27.1. The number of pyridine rings is 1. The summed E-state index contributed by atoms with van der Waals surface area (Å²) in [5.74, 6) is 2.95. The number of aromatic nitrogens is 1. The highest BCUT2D eigenvalue weighted by molar-refractivity contribution is 5.89. The highest BCUT2D eigenvalue weighted by Gasteiger charge is 2.21. The fourth-order valence-corrected chi connectivity index (χ4v) is 5.85. The Balaban J connectivity index is 1.14. The molecule has 2 heterocycles. The molecule has 0 radical (unpaired) electrons. The van der Waals surface area contributed by atoms with Crippen LogP contribution >= 0.6 is 0 Å². The number of hydrogen-bond acceptors (Lipinski definition) is 6. The summed E-state index contributed by atoms with van der Waals surface area (Å²) in [5.41, 5.74) is 2.72. The quantitative estimate of drug-likeness (QED) is 0.406. The smallest absolute Gasteiger partial charge is 0.251 e. The number of amides is 1. The summed E-state index contributed by atoms with van der Waals surface area (Å²) in [5, 5.41) is 7.30. The lowest BCUT2D eigenvalue weighted by molar-refractivity contribution is -0.119. The highest BCUT2D eigenvalue weighted by atomic mass is 16.6. The predicted octanol–water partition coefficient (Wildman–Crippen LogP) is 4.20. The molecule has 1 fully saturated rings. The maximum Gasteiger partial charge on any atom is 0.251 e. The van der Waals surface area contributed by atoms with Gasteiger partial charge in [-0.05, 0) is 79.8 Å². The van der Waals surface area contributed by atoms with Gasteiger partial charge in [0.05, 0.1) is 19.0 Å². The molecule has 0 unspecified atom stereocenters. The first-order valence-electron chi connectivity index (χ1n) is 14.1. The molecule has 2 aromatic carbocycles. The van der Waals surface area contributed by atoms with E-state index in [9.17, 15) is 9.59 Å². The van der Waals surface area contributed by atoms with Crippen LogP contribution in [-0.2, 0) is 24.3 Å². The van der Waals surface area contributed by atoms with Crippen LogP contribution in [0.25, 0.3) is 10.9 Å². The molecule has 0 atom stereocenters. The molecule has 1 amide bonds. The number of nitrogens with one attached hydrogen (secondary N) is 2. The van der Waals surface area contributed by atoms with Crippen LogP contribution in [0.4, 0.5) is 0 Å². The van der Waals surface area contributed by atoms with E-state index in [0.717, 1.165) is 47.4 Å². The largest absolute Gasteiger partial charge is 0.497 e. The molecule has 1 saturated carbocycles. The van der Waals surface area contributed by atoms with Gasteiger partial charge in [-0.3, -0.25) is 9.59 Å². The van der Waals surface area contributed by atoms with Gasteiger partial charge in [-0.1, -0.05) is 6.07 Å². The summed E-state index contributed by atoms with van der Waals surface area (Å²) >= 11 is 0. The van der Waals surface area contributed by atoms with Gasteiger partial charge < -0.3 is 29.4 Å². The summed E-state index contributed by atoms with van der Waals surface area (Å²) in [7, 11) is 3.23.